The molecule has 1 saturated heterocycles. The molecule has 1 atom stereocenters. The molecule has 8 heteroatoms. The predicted octanol–water partition coefficient (Wildman–Crippen LogP) is -0.103. The van der Waals surface area contributed by atoms with Gasteiger partial charge >= 0.3 is 5.69 Å². The van der Waals surface area contributed by atoms with Crippen LogP contribution < -0.4 is 16.0 Å². The van der Waals surface area contributed by atoms with E-state index in [4.69, 9.17) is 5.73 Å². The number of hydrogen-bond donors (Lipinski definition) is 2. The van der Waals surface area contributed by atoms with Crippen molar-refractivity contribution in [3.63, 3.8) is 0 Å². The molecule has 0 bridgehead atoms. The van der Waals surface area contributed by atoms with Crippen molar-refractivity contribution in [3.05, 3.63) is 22.2 Å². The van der Waals surface area contributed by atoms with Crippen LogP contribution in [0.15, 0.2) is 12.1 Å². The van der Waals surface area contributed by atoms with Gasteiger partial charge in [0.05, 0.1) is 4.92 Å². The lowest BCUT2D eigenvalue weighted by atomic mass is 10.2. The number of piperazine rings is 1. The Labute approximate surface area is 103 Å². The minimum atomic E-state index is -0.585. The first kappa shape index (κ1) is 12.1. The van der Waals surface area contributed by atoms with Gasteiger partial charge < -0.3 is 16.0 Å². The Balaban J connectivity index is 2.31. The summed E-state index contributed by atoms with van der Waals surface area (Å²) >= 11 is 0. The summed E-state index contributed by atoms with van der Waals surface area (Å²) in [5.74, 6) is 0.233. The molecule has 2 heterocycles. The van der Waals surface area contributed by atoms with E-state index in [-0.39, 0.29) is 23.5 Å². The van der Waals surface area contributed by atoms with Crippen LogP contribution in [0.1, 0.15) is 6.92 Å². The lowest BCUT2D eigenvalue weighted by molar-refractivity contribution is -0.384. The Bertz CT molecular complexity index is 504. The number of nitrogen functional groups attached to an aromatic ring is 1. The highest BCUT2D eigenvalue weighted by atomic mass is 16.6. The van der Waals surface area contributed by atoms with Crippen molar-refractivity contribution in [1.82, 2.24) is 10.3 Å². The number of nitrogens with two attached hydrogens (primary N) is 1. The van der Waals surface area contributed by atoms with Crippen LogP contribution in [0.3, 0.4) is 0 Å². The summed E-state index contributed by atoms with van der Waals surface area (Å²) in [7, 11) is 0. The van der Waals surface area contributed by atoms with Crippen LogP contribution in [-0.4, -0.2) is 34.9 Å². The Hall–Kier alpha value is -2.38. The Morgan fingerprint density at radius 3 is 2.94 bits per heavy atom. The minimum absolute atomic E-state index is 0.0972. The van der Waals surface area contributed by atoms with E-state index in [1.807, 2.05) is 0 Å². The molecule has 1 aromatic heterocycles. The van der Waals surface area contributed by atoms with Gasteiger partial charge in [0.15, 0.2) is 0 Å². The summed E-state index contributed by atoms with van der Waals surface area (Å²) in [5, 5.41) is 13.4. The Morgan fingerprint density at radius 1 is 1.61 bits per heavy atom. The van der Waals surface area contributed by atoms with Crippen LogP contribution in [0.2, 0.25) is 0 Å². The molecule has 1 aromatic rings. The number of nitrogens with zero attached hydrogens (tertiary/aromatic N) is 3. The molecule has 96 valence electrons. The van der Waals surface area contributed by atoms with Gasteiger partial charge in [-0.05, 0) is 13.0 Å². The number of carbonyl (C=O) groups excluding carboxylic acids is 1. The standard InChI is InChI=1S/C10H13N5O3/c1-6-10(16)12-4-5-14(6)8-3-2-7(15(17)18)9(11)13-8/h2-3,6H,4-5H2,1H3,(H2,11,13)(H,12,16). The molecule has 0 saturated carbocycles. The zero-order valence-electron chi connectivity index (χ0n) is 9.79. The van der Waals surface area contributed by atoms with Crippen LogP contribution in [0, 0.1) is 10.1 Å². The zero-order valence-corrected chi connectivity index (χ0v) is 9.79. The van der Waals surface area contributed by atoms with Crippen molar-refractivity contribution >= 4 is 23.2 Å². The molecule has 1 fully saturated rings. The van der Waals surface area contributed by atoms with Crippen LogP contribution in [0.25, 0.3) is 0 Å². The maximum atomic E-state index is 11.5. The number of amides is 1. The van der Waals surface area contributed by atoms with Crippen molar-refractivity contribution in [3.8, 4) is 0 Å². The molecule has 8 nitrogen and oxygen atoms in total. The molecule has 18 heavy (non-hydrogen) atoms. The van der Waals surface area contributed by atoms with E-state index in [1.54, 1.807) is 11.8 Å². The van der Waals surface area contributed by atoms with Gasteiger partial charge in [-0.15, -0.1) is 0 Å². The summed E-state index contributed by atoms with van der Waals surface area (Å²) in [6, 6.07) is 2.44. The van der Waals surface area contributed by atoms with Crippen LogP contribution in [-0.2, 0) is 4.79 Å². The first-order valence-electron chi connectivity index (χ1n) is 5.46. The largest absolute Gasteiger partial charge is 0.378 e. The van der Waals surface area contributed by atoms with Crippen LogP contribution >= 0.6 is 0 Å². The first-order valence-corrected chi connectivity index (χ1v) is 5.46. The van der Waals surface area contributed by atoms with Gasteiger partial charge in [0.2, 0.25) is 11.7 Å². The molecule has 1 aliphatic heterocycles. The van der Waals surface area contributed by atoms with Gasteiger partial charge in [0.25, 0.3) is 0 Å². The Kier molecular flexibility index (Phi) is 3.00. The quantitative estimate of drug-likeness (QED) is 0.560. The Morgan fingerprint density at radius 2 is 2.33 bits per heavy atom. The molecular formula is C10H13N5O3. The number of hydrogen-bond acceptors (Lipinski definition) is 6. The molecule has 1 unspecified atom stereocenters. The lowest BCUT2D eigenvalue weighted by Crippen LogP contribution is -2.54. The van der Waals surface area contributed by atoms with Crippen molar-refractivity contribution in [2.45, 2.75) is 13.0 Å². The predicted molar refractivity (Wildman–Crippen MR) is 65.1 cm³/mol. The van der Waals surface area contributed by atoms with E-state index in [9.17, 15) is 14.9 Å². The van der Waals surface area contributed by atoms with Gasteiger partial charge in [0.1, 0.15) is 11.9 Å². The monoisotopic (exact) mass is 251 g/mol. The number of nitro groups is 1. The van der Waals surface area contributed by atoms with E-state index in [1.165, 1.54) is 12.1 Å². The lowest BCUT2D eigenvalue weighted by Gasteiger charge is -2.33. The molecule has 0 aromatic carbocycles. The van der Waals surface area contributed by atoms with E-state index >= 15 is 0 Å². The second-order valence-corrected chi connectivity index (χ2v) is 3.99. The maximum Gasteiger partial charge on any atom is 0.311 e. The second-order valence-electron chi connectivity index (χ2n) is 3.99. The van der Waals surface area contributed by atoms with Gasteiger partial charge in [0, 0.05) is 19.2 Å². The fourth-order valence-electron chi connectivity index (χ4n) is 1.87. The van der Waals surface area contributed by atoms with Crippen LogP contribution in [0.5, 0.6) is 0 Å². The van der Waals surface area contributed by atoms with Gasteiger partial charge in [-0.2, -0.15) is 0 Å². The number of anilines is 2. The van der Waals surface area contributed by atoms with Crippen molar-refractivity contribution in [1.29, 1.82) is 0 Å². The first-order chi connectivity index (χ1) is 8.50. The van der Waals surface area contributed by atoms with E-state index < -0.39 is 4.92 Å². The summed E-state index contributed by atoms with van der Waals surface area (Å²) in [4.78, 5) is 27.3. The minimum Gasteiger partial charge on any atom is -0.378 e. The molecule has 0 radical (unpaired) electrons. The van der Waals surface area contributed by atoms with Gasteiger partial charge in [-0.25, -0.2) is 4.98 Å². The van der Waals surface area contributed by atoms with Crippen molar-refractivity contribution in [2.75, 3.05) is 23.7 Å². The third kappa shape index (κ3) is 2.04. The molecular weight excluding hydrogens is 238 g/mol. The molecule has 1 amide bonds. The second kappa shape index (κ2) is 4.47. The number of nitrogens with one attached hydrogen (secondary N) is 1. The smallest absolute Gasteiger partial charge is 0.311 e. The summed E-state index contributed by atoms with van der Waals surface area (Å²) in [6.45, 7) is 2.85. The average Bonchev–Trinajstić information content (AvgIpc) is 2.32. The highest BCUT2D eigenvalue weighted by Crippen LogP contribution is 2.24. The third-order valence-corrected chi connectivity index (χ3v) is 2.88. The van der Waals surface area contributed by atoms with E-state index in [0.29, 0.717) is 18.9 Å². The number of aromatic nitrogens is 1. The normalized spacial score (nSPS) is 19.5. The zero-order chi connectivity index (χ0) is 13.3. The number of pyridine rings is 1. The fraction of sp³-hybridized carbons (Fsp3) is 0.400. The maximum absolute atomic E-state index is 11.5. The molecule has 1 aliphatic rings. The van der Waals surface area contributed by atoms with Crippen LogP contribution in [0.4, 0.5) is 17.3 Å². The number of carbonyl (C=O) groups is 1. The van der Waals surface area contributed by atoms with E-state index in [2.05, 4.69) is 10.3 Å². The molecule has 2 rings (SSSR count). The van der Waals surface area contributed by atoms with Crippen molar-refractivity contribution in [2.24, 2.45) is 0 Å². The highest BCUT2D eigenvalue weighted by Gasteiger charge is 2.27. The topological polar surface area (TPSA) is 114 Å². The average molecular weight is 251 g/mol. The highest BCUT2D eigenvalue weighted by molar-refractivity contribution is 5.85. The fourth-order valence-corrected chi connectivity index (χ4v) is 1.87. The molecule has 0 spiro atoms. The van der Waals surface area contributed by atoms with Gasteiger partial charge in [-0.1, -0.05) is 0 Å². The SMILES string of the molecule is CC1C(=O)NCCN1c1ccc([N+](=O)[O-])c(N)n1. The van der Waals surface area contributed by atoms with Gasteiger partial charge in [-0.3, -0.25) is 14.9 Å². The summed E-state index contributed by atoms with van der Waals surface area (Å²) < 4.78 is 0. The molecule has 3 N–H and O–H groups in total. The molecule has 0 aliphatic carbocycles. The van der Waals surface area contributed by atoms with E-state index in [0.717, 1.165) is 0 Å². The summed E-state index contributed by atoms with van der Waals surface area (Å²) in [5.41, 5.74) is 5.30. The number of rotatable bonds is 2. The third-order valence-electron chi connectivity index (χ3n) is 2.88. The van der Waals surface area contributed by atoms with Crippen molar-refractivity contribution < 1.29 is 9.72 Å². The summed E-state index contributed by atoms with van der Waals surface area (Å²) in [6.07, 6.45) is 0.